The number of Topliss-reactive ketones (excluding diaryl/α,β-unsaturated/α-hetero) is 1. The molecular weight excluding hydrogens is 341 g/mol. The molecule has 8 heteroatoms. The zero-order chi connectivity index (χ0) is 19.4. The van der Waals surface area contributed by atoms with E-state index in [1.54, 1.807) is 19.9 Å². The van der Waals surface area contributed by atoms with Gasteiger partial charge >= 0.3 is 0 Å². The molecule has 1 aromatic heterocycles. The van der Waals surface area contributed by atoms with Crippen molar-refractivity contribution in [3.8, 4) is 5.75 Å². The Morgan fingerprint density at radius 2 is 1.81 bits per heavy atom. The normalized spacial score (nSPS) is 11.6. The summed E-state index contributed by atoms with van der Waals surface area (Å²) in [6.45, 7) is 6.16. The molecule has 1 atom stereocenters. The highest BCUT2D eigenvalue weighted by Crippen LogP contribution is 2.18. The molecular formula is C18H20FN3O4. The van der Waals surface area contributed by atoms with E-state index in [0.29, 0.717) is 16.8 Å². The van der Waals surface area contributed by atoms with E-state index in [1.807, 2.05) is 0 Å². The lowest BCUT2D eigenvalue weighted by molar-refractivity contribution is -0.128. The molecule has 26 heavy (non-hydrogen) atoms. The van der Waals surface area contributed by atoms with Crippen LogP contribution in [0.4, 0.5) is 4.39 Å². The van der Waals surface area contributed by atoms with Gasteiger partial charge in [0.15, 0.2) is 23.5 Å². The molecule has 0 aliphatic rings. The van der Waals surface area contributed by atoms with Crippen LogP contribution in [0.1, 0.15) is 46.0 Å². The van der Waals surface area contributed by atoms with Crippen molar-refractivity contribution >= 4 is 17.6 Å². The second-order valence-corrected chi connectivity index (χ2v) is 5.82. The highest BCUT2D eigenvalue weighted by Gasteiger charge is 2.21. The number of hydrogen-bond donors (Lipinski definition) is 3. The molecule has 0 saturated carbocycles. The molecule has 1 aromatic carbocycles. The van der Waals surface area contributed by atoms with E-state index < -0.39 is 23.7 Å². The number of H-pyrrole nitrogens is 1. The molecule has 138 valence electrons. The summed E-state index contributed by atoms with van der Waals surface area (Å²) in [6, 6.07) is 5.69. The number of carbonyl (C=O) groups excluding carboxylic acids is 3. The summed E-state index contributed by atoms with van der Waals surface area (Å²) in [6.07, 6.45) is -1.04. The number of para-hydroxylation sites is 1. The van der Waals surface area contributed by atoms with Gasteiger partial charge in [-0.05, 0) is 45.4 Å². The zero-order valence-corrected chi connectivity index (χ0v) is 14.9. The number of ether oxygens (including phenoxy) is 1. The molecule has 0 saturated heterocycles. The molecule has 0 aliphatic carbocycles. The Hall–Kier alpha value is -3.16. The highest BCUT2D eigenvalue weighted by molar-refractivity contribution is 6.02. The monoisotopic (exact) mass is 361 g/mol. The number of amides is 2. The number of carbonyl (C=O) groups is 3. The van der Waals surface area contributed by atoms with Gasteiger partial charge in [-0.25, -0.2) is 4.39 Å². The molecule has 2 aromatic rings. The van der Waals surface area contributed by atoms with E-state index in [9.17, 15) is 18.8 Å². The van der Waals surface area contributed by atoms with Gasteiger partial charge in [-0.3, -0.25) is 25.2 Å². The molecule has 7 nitrogen and oxygen atoms in total. The predicted molar refractivity (Wildman–Crippen MR) is 92.4 cm³/mol. The van der Waals surface area contributed by atoms with E-state index >= 15 is 0 Å². The minimum Gasteiger partial charge on any atom is -0.478 e. The van der Waals surface area contributed by atoms with E-state index in [0.717, 1.165) is 0 Å². The van der Waals surface area contributed by atoms with Crippen LogP contribution in [0.3, 0.4) is 0 Å². The van der Waals surface area contributed by atoms with Gasteiger partial charge in [0.05, 0.1) is 0 Å². The SMILES string of the molecule is CC(=O)c1c(C)[nH]c(C(=O)NNC(=O)[C@@H](C)Oc2ccccc2F)c1C. The van der Waals surface area contributed by atoms with Gasteiger partial charge in [-0.1, -0.05) is 12.1 Å². The van der Waals surface area contributed by atoms with Crippen LogP contribution in [0.2, 0.25) is 0 Å². The number of hydrazine groups is 1. The third-order valence-corrected chi connectivity index (χ3v) is 3.83. The van der Waals surface area contributed by atoms with Crippen LogP contribution < -0.4 is 15.6 Å². The maximum absolute atomic E-state index is 13.5. The average molecular weight is 361 g/mol. The second-order valence-electron chi connectivity index (χ2n) is 5.82. The minimum atomic E-state index is -1.04. The lowest BCUT2D eigenvalue weighted by atomic mass is 10.1. The number of halogens is 1. The third-order valence-electron chi connectivity index (χ3n) is 3.83. The van der Waals surface area contributed by atoms with Crippen molar-refractivity contribution in [1.82, 2.24) is 15.8 Å². The quantitative estimate of drug-likeness (QED) is 0.561. The summed E-state index contributed by atoms with van der Waals surface area (Å²) in [5.74, 6) is -2.08. The summed E-state index contributed by atoms with van der Waals surface area (Å²) in [5.41, 5.74) is 6.15. The first kappa shape index (κ1) is 19.2. The van der Waals surface area contributed by atoms with Crippen molar-refractivity contribution in [3.63, 3.8) is 0 Å². The van der Waals surface area contributed by atoms with Gasteiger partial charge in [0.1, 0.15) is 5.69 Å². The smallest absolute Gasteiger partial charge is 0.286 e. The van der Waals surface area contributed by atoms with Crippen molar-refractivity contribution in [1.29, 1.82) is 0 Å². The van der Waals surface area contributed by atoms with Gasteiger partial charge in [0.2, 0.25) is 0 Å². The molecule has 0 spiro atoms. The molecule has 0 radical (unpaired) electrons. The average Bonchev–Trinajstić information content (AvgIpc) is 2.89. The van der Waals surface area contributed by atoms with Crippen LogP contribution in [0.15, 0.2) is 24.3 Å². The van der Waals surface area contributed by atoms with Crippen LogP contribution >= 0.6 is 0 Å². The van der Waals surface area contributed by atoms with Crippen molar-refractivity contribution < 1.29 is 23.5 Å². The second kappa shape index (κ2) is 7.81. The van der Waals surface area contributed by atoms with E-state index in [1.165, 1.54) is 32.0 Å². The predicted octanol–water partition coefficient (Wildman–Crippen LogP) is 2.20. The Morgan fingerprint density at radius 3 is 2.38 bits per heavy atom. The first-order chi connectivity index (χ1) is 12.2. The zero-order valence-electron chi connectivity index (χ0n) is 14.9. The number of benzene rings is 1. The molecule has 2 amide bonds. The third kappa shape index (κ3) is 4.08. The first-order valence-electron chi connectivity index (χ1n) is 7.93. The Kier molecular flexibility index (Phi) is 5.76. The standard InChI is InChI=1S/C18H20FN3O4/c1-9-15(11(3)23)10(2)20-16(9)18(25)22-21-17(24)12(4)26-14-8-6-5-7-13(14)19/h5-8,12,20H,1-4H3,(H,21,24)(H,22,25)/t12-/m1/s1. The Bertz CT molecular complexity index is 860. The summed E-state index contributed by atoms with van der Waals surface area (Å²) in [7, 11) is 0. The van der Waals surface area contributed by atoms with Crippen molar-refractivity contribution in [2.24, 2.45) is 0 Å². The Labute approximate surface area is 149 Å². The van der Waals surface area contributed by atoms with E-state index in [-0.39, 0.29) is 17.2 Å². The van der Waals surface area contributed by atoms with Gasteiger partial charge < -0.3 is 9.72 Å². The van der Waals surface area contributed by atoms with Crippen molar-refractivity contribution in [2.75, 3.05) is 0 Å². The van der Waals surface area contributed by atoms with Crippen LogP contribution in [-0.4, -0.2) is 28.7 Å². The number of aromatic amines is 1. The summed E-state index contributed by atoms with van der Waals surface area (Å²) >= 11 is 0. The summed E-state index contributed by atoms with van der Waals surface area (Å²) < 4.78 is 18.8. The topological polar surface area (TPSA) is 100 Å². The van der Waals surface area contributed by atoms with Gasteiger partial charge in [-0.15, -0.1) is 0 Å². The fourth-order valence-electron chi connectivity index (χ4n) is 2.57. The van der Waals surface area contributed by atoms with Gasteiger partial charge in [-0.2, -0.15) is 0 Å². The van der Waals surface area contributed by atoms with Crippen LogP contribution in [0, 0.1) is 19.7 Å². The molecule has 0 aliphatic heterocycles. The van der Waals surface area contributed by atoms with Crippen LogP contribution in [-0.2, 0) is 4.79 Å². The number of ketones is 1. The van der Waals surface area contributed by atoms with Crippen molar-refractivity contribution in [2.45, 2.75) is 33.8 Å². The Morgan fingerprint density at radius 1 is 1.15 bits per heavy atom. The lowest BCUT2D eigenvalue weighted by Gasteiger charge is -2.15. The minimum absolute atomic E-state index is 0.0663. The number of nitrogens with one attached hydrogen (secondary N) is 3. The lowest BCUT2D eigenvalue weighted by Crippen LogP contribution is -2.47. The number of aryl methyl sites for hydroxylation is 1. The van der Waals surface area contributed by atoms with E-state index in [4.69, 9.17) is 4.74 Å². The maximum Gasteiger partial charge on any atom is 0.286 e. The molecule has 1 heterocycles. The summed E-state index contributed by atoms with van der Waals surface area (Å²) in [4.78, 5) is 38.7. The maximum atomic E-state index is 13.5. The molecule has 0 fully saturated rings. The fraction of sp³-hybridized carbons (Fsp3) is 0.278. The highest BCUT2D eigenvalue weighted by atomic mass is 19.1. The first-order valence-corrected chi connectivity index (χ1v) is 7.93. The molecule has 3 N–H and O–H groups in total. The molecule has 2 rings (SSSR count). The number of rotatable bonds is 5. The number of aromatic nitrogens is 1. The Balaban J connectivity index is 1.99. The summed E-state index contributed by atoms with van der Waals surface area (Å²) in [5, 5.41) is 0. The number of hydrogen-bond acceptors (Lipinski definition) is 4. The largest absolute Gasteiger partial charge is 0.478 e. The molecule has 0 bridgehead atoms. The fourth-order valence-corrected chi connectivity index (χ4v) is 2.57. The van der Waals surface area contributed by atoms with E-state index in [2.05, 4.69) is 15.8 Å². The van der Waals surface area contributed by atoms with Gasteiger partial charge in [0, 0.05) is 11.3 Å². The molecule has 0 unspecified atom stereocenters. The van der Waals surface area contributed by atoms with Crippen molar-refractivity contribution in [3.05, 3.63) is 52.6 Å². The van der Waals surface area contributed by atoms with Crippen LogP contribution in [0.5, 0.6) is 5.75 Å². The van der Waals surface area contributed by atoms with Gasteiger partial charge in [0.25, 0.3) is 11.8 Å². The van der Waals surface area contributed by atoms with Crippen LogP contribution in [0.25, 0.3) is 0 Å².